The van der Waals surface area contributed by atoms with E-state index in [9.17, 15) is 19.6 Å². The van der Waals surface area contributed by atoms with Gasteiger partial charge in [-0.3, -0.25) is 23.4 Å². The van der Waals surface area contributed by atoms with Gasteiger partial charge in [0.15, 0.2) is 11.0 Å². The van der Waals surface area contributed by atoms with Gasteiger partial charge in [0.25, 0.3) is 11.4 Å². The molecule has 13 heteroatoms. The summed E-state index contributed by atoms with van der Waals surface area (Å²) in [4.78, 5) is 14.0. The minimum atomic E-state index is -4.69. The van der Waals surface area contributed by atoms with Crippen molar-refractivity contribution in [3.8, 4) is 5.75 Å². The number of aromatic nitrogens is 2. The van der Waals surface area contributed by atoms with Gasteiger partial charge >= 0.3 is 7.82 Å². The Morgan fingerprint density at radius 1 is 1.50 bits per heavy atom. The topological polar surface area (TPSA) is 132 Å². The van der Waals surface area contributed by atoms with Gasteiger partial charge in [-0.1, -0.05) is 18.2 Å². The van der Waals surface area contributed by atoms with E-state index in [-0.39, 0.29) is 22.7 Å². The summed E-state index contributed by atoms with van der Waals surface area (Å²) >= 11 is 4.98. The van der Waals surface area contributed by atoms with Crippen LogP contribution >= 0.6 is 20.0 Å². The number of hydrogen-bond donors (Lipinski definition) is 3. The number of fused-ring (bicyclic) bond motifs is 1. The third-order valence-electron chi connectivity index (χ3n) is 4.57. The second-order valence-corrected chi connectivity index (χ2v) is 8.58. The maximum Gasteiger partial charge on any atom is 0.530 e. The van der Waals surface area contributed by atoms with Crippen LogP contribution in [0.1, 0.15) is 20.1 Å². The summed E-state index contributed by atoms with van der Waals surface area (Å²) < 4.78 is 65.2. The first-order valence-electron chi connectivity index (χ1n) is 9.65. The van der Waals surface area contributed by atoms with Gasteiger partial charge < -0.3 is 19.5 Å². The highest BCUT2D eigenvalue weighted by Crippen LogP contribution is 2.55. The molecule has 3 N–H and O–H groups in total. The smallest absolute Gasteiger partial charge is 0.404 e. The molecule has 162 valence electrons. The summed E-state index contributed by atoms with van der Waals surface area (Å²) in [5, 5.41) is 20.7. The van der Waals surface area contributed by atoms with E-state index in [0.29, 0.717) is 5.56 Å². The predicted molar refractivity (Wildman–Crippen MR) is 102 cm³/mol. The number of phosphoric ester groups is 1. The Morgan fingerprint density at radius 2 is 2.23 bits per heavy atom. The molecule has 0 aliphatic carbocycles. The molecule has 2 aliphatic heterocycles. The fourth-order valence-corrected chi connectivity index (χ4v) is 4.29. The molecule has 1 aromatic carbocycles. The quantitative estimate of drug-likeness (QED) is 0.460. The Morgan fingerprint density at radius 3 is 3.00 bits per heavy atom. The van der Waals surface area contributed by atoms with Crippen molar-refractivity contribution in [2.24, 2.45) is 0 Å². The Bertz CT molecular complexity index is 1230. The van der Waals surface area contributed by atoms with Crippen LogP contribution in [0.25, 0.3) is 0 Å². The normalized spacial score (nSPS) is 34.6. The van der Waals surface area contributed by atoms with Crippen LogP contribution < -0.4 is 10.1 Å². The van der Waals surface area contributed by atoms with Crippen molar-refractivity contribution >= 4 is 20.0 Å². The number of hydrogen-bond acceptors (Lipinski definition) is 9. The number of phosphoric acid groups is 1. The number of halogens is 1. The largest absolute Gasteiger partial charge is 0.530 e. The molecule has 0 saturated carbocycles. The average Bonchev–Trinajstić information content (AvgIpc) is 2.95. The molecule has 1 saturated heterocycles. The minimum Gasteiger partial charge on any atom is -0.404 e. The van der Waals surface area contributed by atoms with E-state index in [2.05, 4.69) is 4.98 Å². The van der Waals surface area contributed by atoms with Crippen molar-refractivity contribution in [1.82, 2.24) is 9.55 Å². The van der Waals surface area contributed by atoms with Gasteiger partial charge in [0.05, 0.1) is 9.35 Å². The molecule has 5 atom stereocenters. The van der Waals surface area contributed by atoms with Gasteiger partial charge in [-0.05, 0) is 25.2 Å². The highest BCUT2D eigenvalue weighted by atomic mass is 32.1. The number of aromatic amines is 1. The van der Waals surface area contributed by atoms with Gasteiger partial charge in [-0.15, -0.1) is 0 Å². The Balaban J connectivity index is 1.63. The standard InChI is InChI=1S/C17H18FN2O8PS/c1-9-6-20(16(30)19-14(9)23)15-12(21)13(22)17(18,27-15)8-26-29(24)25-7-10-4-2-3-5-11(10)28-29/h2-6,12-13,15,21-22H,7-8H2,1H3,(H,19,23,30)/t12-,13+,15-,17-,29?/m1/s1/i8D2. The van der Waals surface area contributed by atoms with E-state index < -0.39 is 44.2 Å². The van der Waals surface area contributed by atoms with E-state index in [4.69, 9.17) is 33.3 Å². The number of ether oxygens (including phenoxy) is 1. The average molecular weight is 462 g/mol. The number of aryl methyl sites for hydroxylation is 1. The van der Waals surface area contributed by atoms with Gasteiger partial charge in [0.2, 0.25) is 0 Å². The number of aliphatic hydroxyl groups is 2. The molecule has 3 heterocycles. The summed E-state index contributed by atoms with van der Waals surface area (Å²) in [5.41, 5.74) is 0.106. The third-order valence-corrected chi connectivity index (χ3v) is 6.06. The number of nitrogens with zero attached hydrogens (tertiary/aromatic N) is 1. The van der Waals surface area contributed by atoms with Crippen LogP contribution in [-0.2, 0) is 25.0 Å². The van der Waals surface area contributed by atoms with Crippen LogP contribution in [0.5, 0.6) is 5.75 Å². The summed E-state index contributed by atoms with van der Waals surface area (Å²) in [6, 6.07) is 6.30. The monoisotopic (exact) mass is 462 g/mol. The zero-order valence-electron chi connectivity index (χ0n) is 17.4. The first-order valence-corrected chi connectivity index (χ1v) is 10.5. The number of para-hydroxylation sites is 1. The first-order chi connectivity index (χ1) is 14.9. The zero-order chi connectivity index (χ0) is 23.5. The van der Waals surface area contributed by atoms with E-state index in [1.54, 1.807) is 18.2 Å². The summed E-state index contributed by atoms with van der Waals surface area (Å²) in [6.45, 7) is -2.47. The number of rotatable bonds is 4. The van der Waals surface area contributed by atoms with Gasteiger partial charge in [-0.25, -0.2) is 8.96 Å². The maximum atomic E-state index is 15.7. The van der Waals surface area contributed by atoms with Crippen LogP contribution in [0, 0.1) is 11.7 Å². The van der Waals surface area contributed by atoms with Crippen molar-refractivity contribution in [3.63, 3.8) is 0 Å². The first kappa shape index (κ1) is 18.8. The number of benzene rings is 1. The summed E-state index contributed by atoms with van der Waals surface area (Å²) in [7, 11) is -4.69. The Kier molecular flexibility index (Phi) is 4.80. The lowest BCUT2D eigenvalue weighted by Crippen LogP contribution is -2.43. The van der Waals surface area contributed by atoms with Crippen molar-refractivity contribution < 1.29 is 40.2 Å². The molecule has 0 bridgehead atoms. The molecule has 2 aromatic rings. The van der Waals surface area contributed by atoms with Crippen LogP contribution in [0.15, 0.2) is 35.3 Å². The van der Waals surface area contributed by atoms with Crippen LogP contribution in [0.4, 0.5) is 4.39 Å². The third kappa shape index (κ3) is 3.76. The summed E-state index contributed by atoms with van der Waals surface area (Å²) in [6.07, 6.45) is -5.13. The lowest BCUT2D eigenvalue weighted by atomic mass is 10.1. The van der Waals surface area contributed by atoms with Crippen molar-refractivity contribution in [2.45, 2.75) is 37.8 Å². The van der Waals surface area contributed by atoms with Gasteiger partial charge in [-0.2, -0.15) is 0 Å². The fourth-order valence-electron chi connectivity index (χ4n) is 2.94. The fraction of sp³-hybridized carbons (Fsp3) is 0.412. The molecule has 2 aliphatic rings. The maximum absolute atomic E-state index is 15.7. The van der Waals surface area contributed by atoms with Gasteiger partial charge in [0.1, 0.15) is 24.5 Å². The minimum absolute atomic E-state index is 0.0895. The SMILES string of the molecule is [2H]C([2H])(OP1(=O)OCc2ccccc2O1)[C@@]1(F)O[C@@H](n2cc(C)c(=O)[nH]c2=S)[C@H](O)[C@@H]1O. The number of nitrogens with one attached hydrogen (secondary N) is 1. The van der Waals surface area contributed by atoms with Crippen molar-refractivity contribution in [2.75, 3.05) is 6.56 Å². The second kappa shape index (κ2) is 7.65. The molecule has 10 nitrogen and oxygen atoms in total. The molecular formula is C17H18FN2O8PS. The van der Waals surface area contributed by atoms with Crippen molar-refractivity contribution in [1.29, 1.82) is 0 Å². The van der Waals surface area contributed by atoms with Crippen LogP contribution in [-0.4, -0.2) is 44.4 Å². The van der Waals surface area contributed by atoms with E-state index in [1.807, 2.05) is 0 Å². The molecule has 30 heavy (non-hydrogen) atoms. The second-order valence-electron chi connectivity index (χ2n) is 6.68. The number of aliphatic hydroxyl groups excluding tert-OH is 2. The van der Waals surface area contributed by atoms with Gasteiger partial charge in [0, 0.05) is 17.3 Å². The Hall–Kier alpha value is -1.92. The van der Waals surface area contributed by atoms with Crippen LogP contribution in [0.3, 0.4) is 0 Å². The van der Waals surface area contributed by atoms with E-state index in [0.717, 1.165) is 10.8 Å². The number of H-pyrrole nitrogens is 1. The molecule has 0 radical (unpaired) electrons. The summed E-state index contributed by atoms with van der Waals surface area (Å²) in [5.74, 6) is -3.64. The lowest BCUT2D eigenvalue weighted by molar-refractivity contribution is -0.205. The number of alkyl halides is 1. The Labute approximate surface area is 177 Å². The zero-order valence-corrected chi connectivity index (χ0v) is 17.1. The van der Waals surface area contributed by atoms with Crippen LogP contribution in [0.2, 0.25) is 0 Å². The highest BCUT2D eigenvalue weighted by molar-refractivity contribution is 7.71. The molecule has 1 fully saturated rings. The van der Waals surface area contributed by atoms with E-state index in [1.165, 1.54) is 13.0 Å². The predicted octanol–water partition coefficient (Wildman–Crippen LogP) is 1.86. The molecular weight excluding hydrogens is 442 g/mol. The molecule has 0 amide bonds. The molecule has 4 rings (SSSR count). The lowest BCUT2D eigenvalue weighted by Gasteiger charge is -2.28. The molecule has 1 aromatic heterocycles. The van der Waals surface area contributed by atoms with Crippen molar-refractivity contribution in [3.05, 3.63) is 56.7 Å². The molecule has 1 unspecified atom stereocenters. The van der Waals surface area contributed by atoms with E-state index >= 15 is 4.39 Å². The highest BCUT2D eigenvalue weighted by Gasteiger charge is 2.57. The molecule has 0 spiro atoms.